The molecular weight excluding hydrogens is 346 g/mol. The Hall–Kier alpha value is -3.09. The number of cyclic esters (lactones) is 1. The van der Waals surface area contributed by atoms with Crippen molar-refractivity contribution in [3.05, 3.63) is 59.4 Å². The molecule has 0 spiro atoms. The number of hydrogen-bond acceptors (Lipinski definition) is 4. The molecule has 0 radical (unpaired) electrons. The minimum Gasteiger partial charge on any atom is -0.448 e. The molecule has 3 heterocycles. The molecule has 0 bridgehead atoms. The van der Waals surface area contributed by atoms with Gasteiger partial charge in [0.25, 0.3) is 11.8 Å². The minimum absolute atomic E-state index is 0.0273. The van der Waals surface area contributed by atoms with E-state index in [-0.39, 0.29) is 17.9 Å². The molecule has 1 aromatic heterocycles. The number of likely N-dealkylation sites (tertiary alicyclic amines) is 1. The number of H-pyrrole nitrogens is 1. The van der Waals surface area contributed by atoms with E-state index in [4.69, 9.17) is 4.74 Å². The Labute approximate surface area is 156 Å². The summed E-state index contributed by atoms with van der Waals surface area (Å²) < 4.78 is 5.36. The van der Waals surface area contributed by atoms with Crippen LogP contribution in [0, 0.1) is 0 Å². The number of nitrogens with one attached hydrogen (secondary N) is 2. The largest absolute Gasteiger partial charge is 0.448 e. The van der Waals surface area contributed by atoms with Gasteiger partial charge in [-0.3, -0.25) is 9.59 Å². The standard InChI is InChI=1S/C20H21N3O4/c24-18(16-6-3-9-21-16)22-14-7-10-23(11-8-14)19(25)17-12-13-4-1-2-5-15(13)20(26)27-17/h1-6,9,14,17,21H,7-8,10-12H2,(H,22,24). The molecule has 0 saturated carbocycles. The van der Waals surface area contributed by atoms with Crippen LogP contribution in [0.2, 0.25) is 0 Å². The number of esters is 1. The zero-order chi connectivity index (χ0) is 18.8. The van der Waals surface area contributed by atoms with Crippen LogP contribution >= 0.6 is 0 Å². The van der Waals surface area contributed by atoms with Crippen molar-refractivity contribution < 1.29 is 19.1 Å². The number of ether oxygens (including phenoxy) is 1. The molecule has 1 atom stereocenters. The number of aromatic nitrogens is 1. The smallest absolute Gasteiger partial charge is 0.339 e. The summed E-state index contributed by atoms with van der Waals surface area (Å²) in [5.41, 5.74) is 1.91. The number of rotatable bonds is 3. The summed E-state index contributed by atoms with van der Waals surface area (Å²) in [4.78, 5) is 41.6. The van der Waals surface area contributed by atoms with E-state index in [1.165, 1.54) is 0 Å². The van der Waals surface area contributed by atoms with Crippen molar-refractivity contribution in [1.29, 1.82) is 0 Å². The lowest BCUT2D eigenvalue weighted by Crippen LogP contribution is -2.51. The van der Waals surface area contributed by atoms with Gasteiger partial charge >= 0.3 is 5.97 Å². The summed E-state index contributed by atoms with van der Waals surface area (Å²) in [6, 6.07) is 10.8. The third-order valence-electron chi connectivity index (χ3n) is 5.15. The summed E-state index contributed by atoms with van der Waals surface area (Å²) in [6.45, 7) is 1.06. The first-order valence-corrected chi connectivity index (χ1v) is 9.14. The van der Waals surface area contributed by atoms with Crippen LogP contribution in [0.15, 0.2) is 42.6 Å². The summed E-state index contributed by atoms with van der Waals surface area (Å²) in [7, 11) is 0. The Morgan fingerprint density at radius 2 is 1.89 bits per heavy atom. The van der Waals surface area contributed by atoms with Crippen LogP contribution in [0.1, 0.15) is 39.3 Å². The molecule has 2 amide bonds. The molecule has 1 aromatic carbocycles. The van der Waals surface area contributed by atoms with Crippen molar-refractivity contribution in [3.63, 3.8) is 0 Å². The molecule has 2 aliphatic rings. The van der Waals surface area contributed by atoms with Crippen molar-refractivity contribution >= 4 is 17.8 Å². The minimum atomic E-state index is -0.766. The van der Waals surface area contributed by atoms with Gasteiger partial charge < -0.3 is 19.9 Å². The highest BCUT2D eigenvalue weighted by molar-refractivity contribution is 5.96. The molecule has 140 valence electrons. The van der Waals surface area contributed by atoms with Crippen LogP contribution in [0.5, 0.6) is 0 Å². The van der Waals surface area contributed by atoms with E-state index >= 15 is 0 Å². The second-order valence-electron chi connectivity index (χ2n) is 6.91. The van der Waals surface area contributed by atoms with Gasteiger partial charge in [0, 0.05) is 31.7 Å². The second-order valence-corrected chi connectivity index (χ2v) is 6.91. The highest BCUT2D eigenvalue weighted by Crippen LogP contribution is 2.23. The second kappa shape index (κ2) is 7.26. The van der Waals surface area contributed by atoms with E-state index in [1.807, 2.05) is 12.1 Å². The third kappa shape index (κ3) is 3.58. The average molecular weight is 367 g/mol. The van der Waals surface area contributed by atoms with Gasteiger partial charge in [0.05, 0.1) is 5.56 Å². The maximum absolute atomic E-state index is 12.8. The van der Waals surface area contributed by atoms with Gasteiger partial charge in [0.1, 0.15) is 5.69 Å². The number of piperidine rings is 1. The molecule has 7 nitrogen and oxygen atoms in total. The molecule has 2 aromatic rings. The fourth-order valence-electron chi connectivity index (χ4n) is 3.65. The molecule has 1 saturated heterocycles. The first kappa shape index (κ1) is 17.3. The molecule has 2 aliphatic heterocycles. The maximum atomic E-state index is 12.8. The first-order chi connectivity index (χ1) is 13.1. The fourth-order valence-corrected chi connectivity index (χ4v) is 3.65. The van der Waals surface area contributed by atoms with Gasteiger partial charge in [-0.15, -0.1) is 0 Å². The van der Waals surface area contributed by atoms with Crippen molar-refractivity contribution in [1.82, 2.24) is 15.2 Å². The molecule has 4 rings (SSSR count). The Balaban J connectivity index is 1.33. The molecule has 7 heteroatoms. The van der Waals surface area contributed by atoms with Gasteiger partial charge in [-0.25, -0.2) is 4.79 Å². The van der Waals surface area contributed by atoms with Crippen LogP contribution in [0.25, 0.3) is 0 Å². The number of benzene rings is 1. The summed E-state index contributed by atoms with van der Waals surface area (Å²) in [5, 5.41) is 2.99. The predicted molar refractivity (Wildman–Crippen MR) is 97.2 cm³/mol. The van der Waals surface area contributed by atoms with Crippen LogP contribution in [0.4, 0.5) is 0 Å². The number of amides is 2. The Kier molecular flexibility index (Phi) is 4.66. The molecule has 1 fully saturated rings. The number of fused-ring (bicyclic) bond motifs is 1. The monoisotopic (exact) mass is 367 g/mol. The normalized spacial score (nSPS) is 19.9. The average Bonchev–Trinajstić information content (AvgIpc) is 3.23. The topological polar surface area (TPSA) is 91.5 Å². The molecule has 1 unspecified atom stereocenters. The number of carbonyl (C=O) groups excluding carboxylic acids is 3. The zero-order valence-corrected chi connectivity index (χ0v) is 14.8. The van der Waals surface area contributed by atoms with E-state index in [0.717, 1.165) is 5.56 Å². The Morgan fingerprint density at radius 3 is 2.63 bits per heavy atom. The lowest BCUT2D eigenvalue weighted by Gasteiger charge is -2.35. The molecular formula is C20H21N3O4. The van der Waals surface area contributed by atoms with E-state index in [2.05, 4.69) is 10.3 Å². The molecule has 27 heavy (non-hydrogen) atoms. The van der Waals surface area contributed by atoms with Crippen LogP contribution in [-0.2, 0) is 16.0 Å². The highest BCUT2D eigenvalue weighted by atomic mass is 16.5. The predicted octanol–water partition coefficient (Wildman–Crippen LogP) is 1.52. The van der Waals surface area contributed by atoms with Gasteiger partial charge in [-0.05, 0) is 36.6 Å². The first-order valence-electron chi connectivity index (χ1n) is 9.14. The number of aromatic amines is 1. The van der Waals surface area contributed by atoms with Crippen LogP contribution in [0.3, 0.4) is 0 Å². The summed E-state index contributed by atoms with van der Waals surface area (Å²) in [5.74, 6) is -0.738. The van der Waals surface area contributed by atoms with Gasteiger partial charge in [0.2, 0.25) is 0 Å². The van der Waals surface area contributed by atoms with Crippen molar-refractivity contribution in [2.24, 2.45) is 0 Å². The van der Waals surface area contributed by atoms with Gasteiger partial charge in [-0.2, -0.15) is 0 Å². The quantitative estimate of drug-likeness (QED) is 0.805. The third-order valence-corrected chi connectivity index (χ3v) is 5.15. The molecule has 0 aliphatic carbocycles. The van der Waals surface area contributed by atoms with Crippen LogP contribution < -0.4 is 5.32 Å². The number of hydrogen-bond donors (Lipinski definition) is 2. The molecule has 2 N–H and O–H groups in total. The van der Waals surface area contributed by atoms with Gasteiger partial charge in [-0.1, -0.05) is 18.2 Å². The summed E-state index contributed by atoms with van der Waals surface area (Å²) in [6.07, 6.45) is 2.70. The van der Waals surface area contributed by atoms with E-state index in [0.29, 0.717) is 43.6 Å². The van der Waals surface area contributed by atoms with Crippen molar-refractivity contribution in [3.8, 4) is 0 Å². The van der Waals surface area contributed by atoms with Gasteiger partial charge in [0.15, 0.2) is 6.10 Å². The van der Waals surface area contributed by atoms with E-state index < -0.39 is 12.1 Å². The number of nitrogens with zero attached hydrogens (tertiary/aromatic N) is 1. The Bertz CT molecular complexity index is 854. The zero-order valence-electron chi connectivity index (χ0n) is 14.8. The van der Waals surface area contributed by atoms with E-state index in [9.17, 15) is 14.4 Å². The summed E-state index contributed by atoms with van der Waals surface area (Å²) >= 11 is 0. The fraction of sp³-hybridized carbons (Fsp3) is 0.350. The maximum Gasteiger partial charge on any atom is 0.339 e. The highest BCUT2D eigenvalue weighted by Gasteiger charge is 2.35. The lowest BCUT2D eigenvalue weighted by molar-refractivity contribution is -0.142. The van der Waals surface area contributed by atoms with Crippen LogP contribution in [-0.4, -0.2) is 52.9 Å². The van der Waals surface area contributed by atoms with Crippen molar-refractivity contribution in [2.45, 2.75) is 31.4 Å². The Morgan fingerprint density at radius 1 is 1.11 bits per heavy atom. The van der Waals surface area contributed by atoms with E-state index in [1.54, 1.807) is 35.4 Å². The lowest BCUT2D eigenvalue weighted by atomic mass is 9.97. The number of carbonyl (C=O) groups is 3. The van der Waals surface area contributed by atoms with Crippen molar-refractivity contribution in [2.75, 3.05) is 13.1 Å². The SMILES string of the molecule is O=C(NC1CCN(C(=O)C2Cc3ccccc3C(=O)O2)CC1)c1ccc[nH]1.